The maximum atomic E-state index is 9.41. The van der Waals surface area contributed by atoms with Gasteiger partial charge >= 0.3 is 0 Å². The molecule has 1 heterocycles. The van der Waals surface area contributed by atoms with E-state index >= 15 is 0 Å². The second kappa shape index (κ2) is 5.51. The van der Waals surface area contributed by atoms with Crippen LogP contribution in [-0.4, -0.2) is 27.7 Å². The highest BCUT2D eigenvalue weighted by molar-refractivity contribution is 6.28. The van der Waals surface area contributed by atoms with Gasteiger partial charge in [0, 0.05) is 6.54 Å². The van der Waals surface area contributed by atoms with Gasteiger partial charge in [-0.1, -0.05) is 0 Å². The number of nitrogen functional groups attached to an aromatic ring is 1. The van der Waals surface area contributed by atoms with E-state index in [9.17, 15) is 5.11 Å². The predicted molar refractivity (Wildman–Crippen MR) is 67.9 cm³/mol. The fraction of sp³-hybridized carbons (Fsp3) is 0.636. The molecule has 0 amide bonds. The van der Waals surface area contributed by atoms with Crippen LogP contribution in [-0.2, 0) is 0 Å². The van der Waals surface area contributed by atoms with Gasteiger partial charge in [-0.3, -0.25) is 0 Å². The van der Waals surface area contributed by atoms with Gasteiger partial charge in [0.05, 0.1) is 18.0 Å². The van der Waals surface area contributed by atoms with Gasteiger partial charge in [0.25, 0.3) is 0 Å². The van der Waals surface area contributed by atoms with E-state index in [4.69, 9.17) is 17.3 Å². The highest BCUT2D eigenvalue weighted by Gasteiger charge is 2.19. The Hall–Kier alpha value is -1.07. The van der Waals surface area contributed by atoms with Crippen LogP contribution >= 0.6 is 11.6 Å². The standard InChI is InChI=1S/C11H17ClN4O/c12-11-15-6-9(13)10(16-11)14-5-7-1-3-8(17)4-2-7/h6-8,17H,1-5,13H2,(H,14,15,16). The van der Waals surface area contributed by atoms with E-state index in [0.29, 0.717) is 17.4 Å². The minimum absolute atomic E-state index is 0.121. The largest absolute Gasteiger partial charge is 0.394 e. The molecule has 0 unspecified atom stereocenters. The highest BCUT2D eigenvalue weighted by atomic mass is 35.5. The van der Waals surface area contributed by atoms with Crippen LogP contribution in [0.3, 0.4) is 0 Å². The molecule has 1 aromatic rings. The zero-order valence-corrected chi connectivity index (χ0v) is 10.3. The van der Waals surface area contributed by atoms with Gasteiger partial charge < -0.3 is 16.2 Å². The fourth-order valence-corrected chi connectivity index (χ4v) is 2.23. The third-order valence-electron chi connectivity index (χ3n) is 3.16. The Labute approximate surface area is 105 Å². The van der Waals surface area contributed by atoms with Crippen molar-refractivity contribution in [1.82, 2.24) is 9.97 Å². The van der Waals surface area contributed by atoms with Crippen LogP contribution < -0.4 is 11.1 Å². The summed E-state index contributed by atoms with van der Waals surface area (Å²) in [4.78, 5) is 7.84. The summed E-state index contributed by atoms with van der Waals surface area (Å²) in [5.74, 6) is 1.16. The van der Waals surface area contributed by atoms with Gasteiger partial charge in [-0.2, -0.15) is 4.98 Å². The van der Waals surface area contributed by atoms with Crippen LogP contribution in [0.1, 0.15) is 25.7 Å². The first-order chi connectivity index (χ1) is 8.15. The van der Waals surface area contributed by atoms with Gasteiger partial charge in [-0.25, -0.2) is 4.98 Å². The predicted octanol–water partition coefficient (Wildman–Crippen LogP) is 1.68. The SMILES string of the molecule is Nc1cnc(Cl)nc1NCC1CCC(O)CC1. The summed E-state index contributed by atoms with van der Waals surface area (Å²) in [5, 5.41) is 12.8. The number of nitrogens with one attached hydrogen (secondary N) is 1. The average molecular weight is 257 g/mol. The highest BCUT2D eigenvalue weighted by Crippen LogP contribution is 2.25. The second-order valence-corrected chi connectivity index (χ2v) is 4.84. The molecule has 0 radical (unpaired) electrons. The molecule has 0 saturated heterocycles. The molecule has 1 saturated carbocycles. The molecule has 1 aliphatic rings. The molecule has 0 bridgehead atoms. The third kappa shape index (κ3) is 3.44. The number of halogens is 1. The van der Waals surface area contributed by atoms with Crippen molar-refractivity contribution in [3.05, 3.63) is 11.5 Å². The molecule has 1 aliphatic carbocycles. The number of aliphatic hydroxyl groups is 1. The zero-order valence-electron chi connectivity index (χ0n) is 9.56. The van der Waals surface area contributed by atoms with Gasteiger partial charge in [0.15, 0.2) is 5.82 Å². The maximum absolute atomic E-state index is 9.41. The molecule has 5 nitrogen and oxygen atoms in total. The van der Waals surface area contributed by atoms with Crippen molar-refractivity contribution in [2.24, 2.45) is 5.92 Å². The van der Waals surface area contributed by atoms with E-state index in [1.807, 2.05) is 0 Å². The molecule has 4 N–H and O–H groups in total. The number of hydrogen-bond acceptors (Lipinski definition) is 5. The number of aromatic nitrogens is 2. The molecule has 94 valence electrons. The fourth-order valence-electron chi connectivity index (χ4n) is 2.10. The monoisotopic (exact) mass is 256 g/mol. The van der Waals surface area contributed by atoms with Gasteiger partial charge in [-0.15, -0.1) is 0 Å². The topological polar surface area (TPSA) is 84.1 Å². The molecule has 2 rings (SSSR count). The number of nitrogens with zero attached hydrogens (tertiary/aromatic N) is 2. The Balaban J connectivity index is 1.87. The molecule has 6 heteroatoms. The van der Waals surface area contributed by atoms with E-state index in [2.05, 4.69) is 15.3 Å². The van der Waals surface area contributed by atoms with Crippen molar-refractivity contribution < 1.29 is 5.11 Å². The van der Waals surface area contributed by atoms with Crippen molar-refractivity contribution in [1.29, 1.82) is 0 Å². The maximum Gasteiger partial charge on any atom is 0.224 e. The molecule has 1 aromatic heterocycles. The van der Waals surface area contributed by atoms with E-state index in [-0.39, 0.29) is 11.4 Å². The number of anilines is 2. The van der Waals surface area contributed by atoms with Crippen molar-refractivity contribution in [2.45, 2.75) is 31.8 Å². The minimum Gasteiger partial charge on any atom is -0.394 e. The summed E-state index contributed by atoms with van der Waals surface area (Å²) in [6.07, 6.45) is 5.21. The summed E-state index contributed by atoms with van der Waals surface area (Å²) in [6.45, 7) is 0.810. The van der Waals surface area contributed by atoms with Crippen LogP contribution in [0.25, 0.3) is 0 Å². The number of aliphatic hydroxyl groups excluding tert-OH is 1. The van der Waals surface area contributed by atoms with E-state index in [1.165, 1.54) is 6.20 Å². The van der Waals surface area contributed by atoms with Crippen molar-refractivity contribution >= 4 is 23.1 Å². The first-order valence-corrected chi connectivity index (χ1v) is 6.23. The molecule has 0 spiro atoms. The van der Waals surface area contributed by atoms with Crippen molar-refractivity contribution in [3.63, 3.8) is 0 Å². The molecule has 17 heavy (non-hydrogen) atoms. The van der Waals surface area contributed by atoms with Gasteiger partial charge in [-0.05, 0) is 43.2 Å². The Morgan fingerprint density at radius 1 is 1.41 bits per heavy atom. The molecule has 1 fully saturated rings. The normalized spacial score (nSPS) is 24.6. The lowest BCUT2D eigenvalue weighted by molar-refractivity contribution is 0.111. The van der Waals surface area contributed by atoms with Crippen LogP contribution in [0, 0.1) is 5.92 Å². The van der Waals surface area contributed by atoms with Gasteiger partial charge in [0.2, 0.25) is 5.28 Å². The van der Waals surface area contributed by atoms with Gasteiger partial charge in [0.1, 0.15) is 0 Å². The summed E-state index contributed by atoms with van der Waals surface area (Å²) in [5.41, 5.74) is 6.25. The lowest BCUT2D eigenvalue weighted by Gasteiger charge is -2.25. The Kier molecular flexibility index (Phi) is 4.02. The summed E-state index contributed by atoms with van der Waals surface area (Å²) in [7, 11) is 0. The summed E-state index contributed by atoms with van der Waals surface area (Å²) in [6, 6.07) is 0. The van der Waals surface area contributed by atoms with Crippen LogP contribution in [0.15, 0.2) is 6.20 Å². The zero-order chi connectivity index (χ0) is 12.3. The third-order valence-corrected chi connectivity index (χ3v) is 3.34. The van der Waals surface area contributed by atoms with Crippen LogP contribution in [0.5, 0.6) is 0 Å². The molecule has 0 aromatic carbocycles. The van der Waals surface area contributed by atoms with E-state index < -0.39 is 0 Å². The Bertz CT molecular complexity index is 380. The minimum atomic E-state index is -0.121. The first-order valence-electron chi connectivity index (χ1n) is 5.85. The Morgan fingerprint density at radius 2 is 2.12 bits per heavy atom. The number of rotatable bonds is 3. The lowest BCUT2D eigenvalue weighted by Crippen LogP contribution is -2.24. The lowest BCUT2D eigenvalue weighted by atomic mass is 9.87. The van der Waals surface area contributed by atoms with Crippen LogP contribution in [0.4, 0.5) is 11.5 Å². The molecule has 0 aliphatic heterocycles. The average Bonchev–Trinajstić information content (AvgIpc) is 2.32. The first kappa shape index (κ1) is 12.4. The number of hydrogen-bond donors (Lipinski definition) is 3. The van der Waals surface area contributed by atoms with E-state index in [1.54, 1.807) is 0 Å². The summed E-state index contributed by atoms with van der Waals surface area (Å²) >= 11 is 5.71. The Morgan fingerprint density at radius 3 is 2.82 bits per heavy atom. The molecular weight excluding hydrogens is 240 g/mol. The van der Waals surface area contributed by atoms with E-state index in [0.717, 1.165) is 32.2 Å². The molecular formula is C11H17ClN4O. The van der Waals surface area contributed by atoms with Crippen molar-refractivity contribution in [2.75, 3.05) is 17.6 Å². The molecule has 0 atom stereocenters. The summed E-state index contributed by atoms with van der Waals surface area (Å²) < 4.78 is 0. The van der Waals surface area contributed by atoms with Crippen LogP contribution in [0.2, 0.25) is 5.28 Å². The quantitative estimate of drug-likeness (QED) is 0.717. The smallest absolute Gasteiger partial charge is 0.224 e. The van der Waals surface area contributed by atoms with Crippen molar-refractivity contribution in [3.8, 4) is 0 Å². The number of nitrogens with two attached hydrogens (primary N) is 1. The second-order valence-electron chi connectivity index (χ2n) is 4.50.